The van der Waals surface area contributed by atoms with Crippen molar-refractivity contribution in [3.8, 4) is 0 Å². The number of halogens is 8. The van der Waals surface area contributed by atoms with Gasteiger partial charge in [0.25, 0.3) is 23.6 Å². The van der Waals surface area contributed by atoms with Gasteiger partial charge in [0.1, 0.15) is 0 Å². The SMILES string of the molecule is O=C(OCC(F)(F)C(F)(F)C(F)(F)C(F)(F)COC(=O)c1ccc2c(c1)C(=O)NC2=O)c1ccc2c(c1)C(=O)NC2=O. The largest absolute Gasteiger partial charge is 0.455 e. The summed E-state index contributed by atoms with van der Waals surface area (Å²) in [4.78, 5) is 70.3. The summed E-state index contributed by atoms with van der Waals surface area (Å²) in [7, 11) is 0. The molecule has 2 heterocycles. The van der Waals surface area contributed by atoms with Crippen molar-refractivity contribution in [1.29, 1.82) is 0 Å². The first kappa shape index (κ1) is 30.1. The lowest BCUT2D eigenvalue weighted by atomic mass is 9.99. The molecule has 222 valence electrons. The van der Waals surface area contributed by atoms with Crippen LogP contribution in [0.25, 0.3) is 0 Å². The molecule has 2 aliphatic heterocycles. The number of ether oxygens (including phenoxy) is 2. The molecule has 0 fully saturated rings. The van der Waals surface area contributed by atoms with Crippen molar-refractivity contribution in [1.82, 2.24) is 10.6 Å². The van der Waals surface area contributed by atoms with E-state index in [-0.39, 0.29) is 11.1 Å². The highest BCUT2D eigenvalue weighted by Gasteiger charge is 2.81. The first-order valence-corrected chi connectivity index (χ1v) is 11.2. The average Bonchev–Trinajstić information content (AvgIpc) is 3.38. The highest BCUT2D eigenvalue weighted by Crippen LogP contribution is 2.52. The lowest BCUT2D eigenvalue weighted by Gasteiger charge is -2.36. The van der Waals surface area contributed by atoms with Crippen molar-refractivity contribution < 1.29 is 73.4 Å². The van der Waals surface area contributed by atoms with Crippen LogP contribution in [-0.2, 0) is 9.47 Å². The van der Waals surface area contributed by atoms with Gasteiger partial charge in [-0.25, -0.2) is 9.59 Å². The number of amides is 4. The van der Waals surface area contributed by atoms with E-state index in [9.17, 15) is 63.9 Å². The Morgan fingerprint density at radius 2 is 0.857 bits per heavy atom. The number of carbonyl (C=O) groups excluding carboxylic acids is 6. The molecule has 0 radical (unpaired) electrons. The lowest BCUT2D eigenvalue weighted by Crippen LogP contribution is -2.64. The third-order valence-electron chi connectivity index (χ3n) is 6.03. The smallest absolute Gasteiger partial charge is 0.381 e. The van der Waals surface area contributed by atoms with Gasteiger partial charge in [-0.1, -0.05) is 0 Å². The van der Waals surface area contributed by atoms with Crippen LogP contribution in [0.2, 0.25) is 0 Å². The first-order valence-electron chi connectivity index (χ1n) is 11.2. The average molecular weight is 608 g/mol. The van der Waals surface area contributed by atoms with Crippen molar-refractivity contribution in [2.75, 3.05) is 13.2 Å². The number of benzene rings is 2. The lowest BCUT2D eigenvalue weighted by molar-refractivity contribution is -0.373. The second-order valence-electron chi connectivity index (χ2n) is 8.80. The van der Waals surface area contributed by atoms with E-state index in [4.69, 9.17) is 0 Å². The van der Waals surface area contributed by atoms with Crippen LogP contribution in [0, 0.1) is 0 Å². The standard InChI is InChI=1S/C24H12F8N2O8/c25-21(26,7-41-19(39)9-1-3-11-13(5-9)17(37)33-15(11)35)23(29,30)24(31,32)22(27,28)8-42-20(40)10-2-4-12-14(6-10)18(38)34-16(12)36/h1-6H,7-8H2,(H,33,35,37)(H,34,36,38). The third-order valence-corrected chi connectivity index (χ3v) is 6.03. The van der Waals surface area contributed by atoms with Gasteiger partial charge in [0, 0.05) is 0 Å². The molecule has 4 rings (SSSR count). The van der Waals surface area contributed by atoms with E-state index in [1.54, 1.807) is 0 Å². The van der Waals surface area contributed by atoms with Gasteiger partial charge in [-0.2, -0.15) is 35.1 Å². The number of rotatable bonds is 9. The van der Waals surface area contributed by atoms with E-state index in [0.717, 1.165) is 24.3 Å². The van der Waals surface area contributed by atoms with Gasteiger partial charge < -0.3 is 9.47 Å². The number of esters is 2. The summed E-state index contributed by atoms with van der Waals surface area (Å²) in [6.07, 6.45) is 0. The number of carbonyl (C=O) groups is 6. The Morgan fingerprint density at radius 3 is 1.19 bits per heavy atom. The molecule has 0 spiro atoms. The Morgan fingerprint density at radius 1 is 0.548 bits per heavy atom. The van der Waals surface area contributed by atoms with Crippen molar-refractivity contribution in [2.45, 2.75) is 23.7 Å². The van der Waals surface area contributed by atoms with E-state index < -0.39 is 94.7 Å². The van der Waals surface area contributed by atoms with Gasteiger partial charge in [0.05, 0.1) is 33.4 Å². The summed E-state index contributed by atoms with van der Waals surface area (Å²) in [5.74, 6) is -33.5. The molecule has 4 amide bonds. The molecule has 2 aliphatic rings. The number of fused-ring (bicyclic) bond motifs is 2. The van der Waals surface area contributed by atoms with Crippen molar-refractivity contribution in [3.05, 3.63) is 69.8 Å². The highest BCUT2D eigenvalue weighted by molar-refractivity contribution is 6.22. The molecular formula is C24H12F8N2O8. The third kappa shape index (κ3) is 4.81. The number of hydrogen-bond donors (Lipinski definition) is 2. The van der Waals surface area contributed by atoms with Crippen LogP contribution in [0.15, 0.2) is 36.4 Å². The van der Waals surface area contributed by atoms with Crippen LogP contribution >= 0.6 is 0 Å². The Labute approximate surface area is 226 Å². The van der Waals surface area contributed by atoms with Crippen LogP contribution in [0.5, 0.6) is 0 Å². The Bertz CT molecular complexity index is 1460. The topological polar surface area (TPSA) is 145 Å². The quantitative estimate of drug-likeness (QED) is 0.251. The molecule has 2 N–H and O–H groups in total. The fourth-order valence-electron chi connectivity index (χ4n) is 3.71. The van der Waals surface area contributed by atoms with E-state index in [1.165, 1.54) is 0 Å². The maximum Gasteiger partial charge on any atom is 0.381 e. The molecule has 2 aromatic carbocycles. The molecule has 0 unspecified atom stereocenters. The summed E-state index contributed by atoms with van der Waals surface area (Å²) >= 11 is 0. The molecule has 0 aliphatic carbocycles. The molecule has 0 saturated heterocycles. The molecule has 18 heteroatoms. The van der Waals surface area contributed by atoms with Crippen LogP contribution in [0.4, 0.5) is 35.1 Å². The number of hydrogen-bond acceptors (Lipinski definition) is 8. The van der Waals surface area contributed by atoms with E-state index >= 15 is 0 Å². The Kier molecular flexibility index (Phi) is 7.07. The highest BCUT2D eigenvalue weighted by atomic mass is 19.4. The van der Waals surface area contributed by atoms with Crippen molar-refractivity contribution >= 4 is 35.6 Å². The van der Waals surface area contributed by atoms with Crippen LogP contribution in [-0.4, -0.2) is 72.5 Å². The molecule has 42 heavy (non-hydrogen) atoms. The Balaban J connectivity index is 1.44. The minimum atomic E-state index is -6.90. The van der Waals surface area contributed by atoms with Crippen molar-refractivity contribution in [2.24, 2.45) is 0 Å². The van der Waals surface area contributed by atoms with Crippen LogP contribution in [0.1, 0.15) is 62.1 Å². The van der Waals surface area contributed by atoms with Gasteiger partial charge in [-0.05, 0) is 36.4 Å². The summed E-state index contributed by atoms with van der Waals surface area (Å²) in [6.45, 7) is -5.66. The zero-order valence-corrected chi connectivity index (χ0v) is 20.2. The van der Waals surface area contributed by atoms with E-state index in [0.29, 0.717) is 12.1 Å². The van der Waals surface area contributed by atoms with Gasteiger partial charge >= 0.3 is 35.6 Å². The summed E-state index contributed by atoms with van der Waals surface area (Å²) < 4.78 is 121. The van der Waals surface area contributed by atoms with E-state index in [2.05, 4.69) is 9.47 Å². The number of imide groups is 2. The first-order chi connectivity index (χ1) is 19.3. The second kappa shape index (κ2) is 9.88. The molecule has 0 bridgehead atoms. The van der Waals surface area contributed by atoms with E-state index in [1.807, 2.05) is 10.6 Å². The summed E-state index contributed by atoms with van der Waals surface area (Å²) in [5, 5.41) is 3.66. The summed E-state index contributed by atoms with van der Waals surface area (Å²) in [6, 6.07) is 4.61. The normalized spacial score (nSPS) is 15.1. The van der Waals surface area contributed by atoms with Crippen molar-refractivity contribution in [3.63, 3.8) is 0 Å². The van der Waals surface area contributed by atoms with Gasteiger partial charge in [0.2, 0.25) is 0 Å². The molecule has 10 nitrogen and oxygen atoms in total. The fraction of sp³-hybridized carbons (Fsp3) is 0.250. The Hall–Kier alpha value is -4.90. The predicted octanol–water partition coefficient (Wildman–Crippen LogP) is 3.01. The molecular weight excluding hydrogens is 596 g/mol. The summed E-state index contributed by atoms with van der Waals surface area (Å²) in [5.41, 5.74) is -2.77. The molecule has 0 atom stereocenters. The minimum Gasteiger partial charge on any atom is -0.455 e. The maximum atomic E-state index is 14.2. The fourth-order valence-corrected chi connectivity index (χ4v) is 3.71. The molecule has 2 aromatic rings. The number of alkyl halides is 8. The van der Waals surface area contributed by atoms with Gasteiger partial charge in [0.15, 0.2) is 13.2 Å². The zero-order valence-electron chi connectivity index (χ0n) is 20.2. The van der Waals surface area contributed by atoms with Gasteiger partial charge in [-0.3, -0.25) is 29.8 Å². The monoisotopic (exact) mass is 608 g/mol. The van der Waals surface area contributed by atoms with Crippen LogP contribution in [0.3, 0.4) is 0 Å². The van der Waals surface area contributed by atoms with Crippen LogP contribution < -0.4 is 10.6 Å². The maximum absolute atomic E-state index is 14.2. The number of nitrogens with one attached hydrogen (secondary N) is 2. The molecule has 0 aromatic heterocycles. The second-order valence-corrected chi connectivity index (χ2v) is 8.80. The predicted molar refractivity (Wildman–Crippen MR) is 117 cm³/mol. The van der Waals surface area contributed by atoms with Gasteiger partial charge in [-0.15, -0.1) is 0 Å². The zero-order chi connectivity index (χ0) is 31.4. The molecule has 0 saturated carbocycles. The minimum absolute atomic E-state index is 0.229.